The summed E-state index contributed by atoms with van der Waals surface area (Å²) in [6.45, 7) is 0. The Kier molecular flexibility index (Phi) is 17.4. The van der Waals surface area contributed by atoms with Crippen LogP contribution in [0.4, 0.5) is 0 Å². The van der Waals surface area contributed by atoms with Gasteiger partial charge in [0.05, 0.1) is 24.0 Å². The van der Waals surface area contributed by atoms with Gasteiger partial charge in [-0.2, -0.15) is 10.5 Å². The first-order valence-corrected chi connectivity index (χ1v) is 8.45. The zero-order chi connectivity index (χ0) is 17.9. The molecule has 0 aliphatic heterocycles. The van der Waals surface area contributed by atoms with Crippen LogP contribution < -0.4 is 59.1 Å². The van der Waals surface area contributed by atoms with Gasteiger partial charge in [-0.15, -0.1) is 8.39 Å². The Morgan fingerprint density at radius 1 is 0.692 bits per heavy atom. The predicted molar refractivity (Wildman–Crippen MR) is 110 cm³/mol. The van der Waals surface area contributed by atoms with E-state index in [4.69, 9.17) is 60.2 Å². The minimum absolute atomic E-state index is 0. The molecule has 0 aliphatic rings. The van der Waals surface area contributed by atoms with Crippen LogP contribution in [0.25, 0.3) is 0 Å². The van der Waals surface area contributed by atoms with E-state index in [9.17, 15) is 0 Å². The van der Waals surface area contributed by atoms with Crippen LogP contribution in [0.15, 0.2) is 60.7 Å². The Labute approximate surface area is 220 Å². The van der Waals surface area contributed by atoms with Crippen molar-refractivity contribution in [1.82, 2.24) is 0 Å². The Morgan fingerprint density at radius 2 is 0.962 bits per heavy atom. The van der Waals surface area contributed by atoms with Crippen molar-refractivity contribution in [2.24, 2.45) is 0 Å². The van der Waals surface area contributed by atoms with Crippen LogP contribution >= 0.6 is 24.4 Å². The second-order valence-corrected chi connectivity index (χ2v) is 6.86. The second-order valence-electron chi connectivity index (χ2n) is 4.58. The van der Waals surface area contributed by atoms with E-state index in [1.807, 2.05) is 60.7 Å². The third kappa shape index (κ3) is 9.82. The molecule has 0 amide bonds. The molecule has 0 aromatic heterocycles. The van der Waals surface area contributed by atoms with Crippen molar-refractivity contribution in [1.29, 1.82) is 10.5 Å². The molecule has 2 unspecified atom stereocenters. The summed E-state index contributed by atoms with van der Waals surface area (Å²) in [6, 6.07) is 22.8. The third-order valence-corrected chi connectivity index (χ3v) is 3.94. The maximum Gasteiger partial charge on any atom is 1.00 e. The first kappa shape index (κ1) is 28.3. The van der Waals surface area contributed by atoms with Crippen molar-refractivity contribution < 1.29 is 59.1 Å². The standard InChI is InChI=1S/2C9H7NS2.2Na/c2*10-6-8(9(11)12)7-4-2-1-3-5-7;;/h2*1-5,8H,(H,11,12);;/q;;2*+1/p-2. The van der Waals surface area contributed by atoms with Gasteiger partial charge in [0, 0.05) is 0 Å². The molecule has 8 heteroatoms. The Hall–Kier alpha value is 0.0400. The zero-order valence-electron chi connectivity index (χ0n) is 14.5. The summed E-state index contributed by atoms with van der Waals surface area (Å²) in [7, 11) is 0. The van der Waals surface area contributed by atoms with Crippen LogP contribution in [-0.2, 0) is 25.3 Å². The third-order valence-electron chi connectivity index (χ3n) is 3.00. The van der Waals surface area contributed by atoms with Gasteiger partial charge in [0.1, 0.15) is 0 Å². The number of benzene rings is 2. The van der Waals surface area contributed by atoms with Crippen LogP contribution in [0.5, 0.6) is 0 Å². The number of thiocarbonyl (C=S) groups is 2. The summed E-state index contributed by atoms with van der Waals surface area (Å²) < 4.78 is 0.618. The van der Waals surface area contributed by atoms with Gasteiger partial charge in [-0.05, 0) is 11.1 Å². The van der Waals surface area contributed by atoms with Gasteiger partial charge in [0.25, 0.3) is 0 Å². The maximum absolute atomic E-state index is 8.75. The fourth-order valence-corrected chi connectivity index (χ4v) is 2.57. The van der Waals surface area contributed by atoms with Crippen LogP contribution in [0.3, 0.4) is 0 Å². The number of hydrogen-bond acceptors (Lipinski definition) is 6. The van der Waals surface area contributed by atoms with Gasteiger partial charge >= 0.3 is 59.1 Å². The monoisotopic (exact) mass is 430 g/mol. The second kappa shape index (κ2) is 16.0. The normalized spacial score (nSPS) is 10.7. The number of rotatable bonds is 4. The van der Waals surface area contributed by atoms with E-state index in [0.717, 1.165) is 11.1 Å². The fourth-order valence-electron chi connectivity index (χ4n) is 1.82. The number of hydrogen-bond donors (Lipinski definition) is 0. The first-order chi connectivity index (χ1) is 11.5. The predicted octanol–water partition coefficient (Wildman–Crippen LogP) is -1.66. The first-order valence-electron chi connectivity index (χ1n) is 6.82. The van der Waals surface area contributed by atoms with Crippen molar-refractivity contribution in [3.63, 3.8) is 0 Å². The molecule has 0 N–H and O–H groups in total. The minimum Gasteiger partial charge on any atom is -0.431 e. The molecule has 2 atom stereocenters. The zero-order valence-corrected chi connectivity index (χ0v) is 21.7. The largest absolute Gasteiger partial charge is 1.00 e. The molecule has 0 heterocycles. The van der Waals surface area contributed by atoms with E-state index in [2.05, 4.69) is 12.1 Å². The van der Waals surface area contributed by atoms with Crippen LogP contribution in [0, 0.1) is 22.7 Å². The van der Waals surface area contributed by atoms with E-state index in [1.54, 1.807) is 0 Å². The van der Waals surface area contributed by atoms with Gasteiger partial charge in [-0.1, -0.05) is 60.7 Å². The summed E-state index contributed by atoms with van der Waals surface area (Å²) in [6.07, 6.45) is 0. The van der Waals surface area contributed by atoms with Crippen LogP contribution in [0.2, 0.25) is 0 Å². The molecule has 0 saturated carbocycles. The average Bonchev–Trinajstić information content (AvgIpc) is 2.58. The van der Waals surface area contributed by atoms with Crippen LogP contribution in [0.1, 0.15) is 23.0 Å². The molecule has 0 spiro atoms. The van der Waals surface area contributed by atoms with Crippen LogP contribution in [-0.4, -0.2) is 8.39 Å². The molecule has 120 valence electrons. The van der Waals surface area contributed by atoms with Crippen molar-refractivity contribution in [2.45, 2.75) is 11.8 Å². The van der Waals surface area contributed by atoms with Gasteiger partial charge in [-0.25, -0.2) is 0 Å². The summed E-state index contributed by atoms with van der Waals surface area (Å²) in [5.74, 6) is -0.840. The smallest absolute Gasteiger partial charge is 0.431 e. The Bertz CT molecular complexity index is 704. The molecule has 2 rings (SSSR count). The summed E-state index contributed by atoms with van der Waals surface area (Å²) in [4.78, 5) is 0. The number of nitriles is 2. The molecular weight excluding hydrogens is 418 g/mol. The minimum atomic E-state index is -0.420. The van der Waals surface area contributed by atoms with E-state index in [0.29, 0.717) is 8.39 Å². The van der Waals surface area contributed by atoms with Crippen molar-refractivity contribution in [3.05, 3.63) is 71.8 Å². The van der Waals surface area contributed by atoms with Crippen molar-refractivity contribution in [3.8, 4) is 12.1 Å². The number of nitrogens with zero attached hydrogens (tertiary/aromatic N) is 2. The molecular formula is C18H12N2Na2S4. The van der Waals surface area contributed by atoms with E-state index >= 15 is 0 Å². The Balaban J connectivity index is 0. The summed E-state index contributed by atoms with van der Waals surface area (Å²) in [5, 5.41) is 17.5. The molecule has 26 heavy (non-hydrogen) atoms. The van der Waals surface area contributed by atoms with Gasteiger partial charge in [0.15, 0.2) is 0 Å². The van der Waals surface area contributed by atoms with E-state index in [-0.39, 0.29) is 59.1 Å². The quantitative estimate of drug-likeness (QED) is 0.329. The van der Waals surface area contributed by atoms with E-state index < -0.39 is 11.8 Å². The molecule has 0 aliphatic carbocycles. The fraction of sp³-hybridized carbons (Fsp3) is 0.111. The molecule has 2 nitrogen and oxygen atoms in total. The SMILES string of the molecule is N#CC(C(=S)[S-])c1ccccc1.N#CC(C(=S)[S-])c1ccccc1.[Na+].[Na+]. The molecule has 2 aromatic rings. The topological polar surface area (TPSA) is 47.6 Å². The molecule has 0 saturated heterocycles. The van der Waals surface area contributed by atoms with Gasteiger partial charge < -0.3 is 49.7 Å². The molecule has 0 radical (unpaired) electrons. The van der Waals surface area contributed by atoms with E-state index in [1.165, 1.54) is 0 Å². The summed E-state index contributed by atoms with van der Waals surface area (Å²) >= 11 is 19.2. The molecule has 2 aromatic carbocycles. The maximum atomic E-state index is 8.75. The van der Waals surface area contributed by atoms with Gasteiger partial charge in [0.2, 0.25) is 0 Å². The average molecular weight is 431 g/mol. The Morgan fingerprint density at radius 3 is 1.15 bits per heavy atom. The van der Waals surface area contributed by atoms with Gasteiger partial charge in [-0.3, -0.25) is 0 Å². The molecule has 0 fully saturated rings. The summed E-state index contributed by atoms with van der Waals surface area (Å²) in [5.41, 5.74) is 1.75. The molecule has 0 bridgehead atoms. The van der Waals surface area contributed by atoms with Crippen molar-refractivity contribution >= 4 is 58.1 Å². The van der Waals surface area contributed by atoms with Crippen molar-refractivity contribution in [2.75, 3.05) is 0 Å².